The maximum absolute atomic E-state index is 6.62. The van der Waals surface area contributed by atoms with E-state index < -0.39 is 0 Å². The molecule has 0 saturated heterocycles. The predicted molar refractivity (Wildman–Crippen MR) is 77.3 cm³/mol. The number of rotatable bonds is 4. The first-order valence-corrected chi connectivity index (χ1v) is 7.36. The SMILES string of the molecule is COc1cnn(C(C)C)c1C(N)C1(C)CCCCC1. The molecule has 1 aliphatic carbocycles. The van der Waals surface area contributed by atoms with Crippen molar-refractivity contribution in [2.45, 2.75) is 65.0 Å². The summed E-state index contributed by atoms with van der Waals surface area (Å²) in [5.41, 5.74) is 7.84. The Balaban J connectivity index is 2.36. The molecule has 2 rings (SSSR count). The third kappa shape index (κ3) is 2.64. The molecule has 4 heteroatoms. The minimum atomic E-state index is -0.00681. The van der Waals surface area contributed by atoms with Crippen molar-refractivity contribution < 1.29 is 4.74 Å². The van der Waals surface area contributed by atoms with Crippen molar-refractivity contribution in [2.75, 3.05) is 7.11 Å². The van der Waals surface area contributed by atoms with Crippen LogP contribution in [-0.2, 0) is 0 Å². The van der Waals surface area contributed by atoms with Crippen LogP contribution in [0.25, 0.3) is 0 Å². The second kappa shape index (κ2) is 5.53. The van der Waals surface area contributed by atoms with Gasteiger partial charge in [-0.2, -0.15) is 5.10 Å². The van der Waals surface area contributed by atoms with Gasteiger partial charge in [-0.25, -0.2) is 0 Å². The van der Waals surface area contributed by atoms with Crippen LogP contribution in [0.1, 0.15) is 70.7 Å². The molecular weight excluding hydrogens is 238 g/mol. The number of ether oxygens (including phenoxy) is 1. The first-order chi connectivity index (χ1) is 8.99. The summed E-state index contributed by atoms with van der Waals surface area (Å²) in [7, 11) is 1.70. The molecule has 1 atom stereocenters. The maximum Gasteiger partial charge on any atom is 0.161 e. The highest BCUT2D eigenvalue weighted by molar-refractivity contribution is 5.30. The number of hydrogen-bond acceptors (Lipinski definition) is 3. The van der Waals surface area contributed by atoms with Crippen LogP contribution in [0, 0.1) is 5.41 Å². The third-order valence-corrected chi connectivity index (χ3v) is 4.55. The van der Waals surface area contributed by atoms with Crippen LogP contribution < -0.4 is 10.5 Å². The summed E-state index contributed by atoms with van der Waals surface area (Å²) < 4.78 is 7.49. The van der Waals surface area contributed by atoms with Gasteiger partial charge in [0.25, 0.3) is 0 Å². The average molecular weight is 265 g/mol. The molecule has 108 valence electrons. The minimum absolute atomic E-state index is 0.00681. The Bertz CT molecular complexity index is 419. The van der Waals surface area contributed by atoms with Crippen LogP contribution in [0.4, 0.5) is 0 Å². The van der Waals surface area contributed by atoms with E-state index in [9.17, 15) is 0 Å². The molecule has 0 bridgehead atoms. The molecule has 0 aromatic carbocycles. The second-order valence-corrected chi connectivity index (χ2v) is 6.33. The van der Waals surface area contributed by atoms with E-state index in [0.717, 1.165) is 11.4 Å². The van der Waals surface area contributed by atoms with E-state index in [0.29, 0.717) is 6.04 Å². The lowest BCUT2D eigenvalue weighted by molar-refractivity contribution is 0.160. The zero-order chi connectivity index (χ0) is 14.0. The van der Waals surface area contributed by atoms with E-state index in [-0.39, 0.29) is 11.5 Å². The zero-order valence-electron chi connectivity index (χ0n) is 12.6. The zero-order valence-corrected chi connectivity index (χ0v) is 12.6. The van der Waals surface area contributed by atoms with Gasteiger partial charge in [-0.1, -0.05) is 26.2 Å². The van der Waals surface area contributed by atoms with Crippen LogP contribution in [-0.4, -0.2) is 16.9 Å². The minimum Gasteiger partial charge on any atom is -0.493 e. The molecule has 2 N–H and O–H groups in total. The molecule has 1 unspecified atom stereocenters. The number of nitrogens with two attached hydrogens (primary N) is 1. The Hall–Kier alpha value is -1.03. The van der Waals surface area contributed by atoms with Crippen molar-refractivity contribution in [3.63, 3.8) is 0 Å². The van der Waals surface area contributed by atoms with E-state index in [1.165, 1.54) is 32.1 Å². The van der Waals surface area contributed by atoms with Crippen molar-refractivity contribution in [1.82, 2.24) is 9.78 Å². The van der Waals surface area contributed by atoms with Crippen LogP contribution in [0.3, 0.4) is 0 Å². The lowest BCUT2D eigenvalue weighted by Gasteiger charge is -2.39. The molecule has 0 spiro atoms. The number of nitrogens with zero attached hydrogens (tertiary/aromatic N) is 2. The molecule has 1 aliphatic rings. The molecule has 1 aromatic heterocycles. The normalized spacial score (nSPS) is 20.5. The Morgan fingerprint density at radius 1 is 1.32 bits per heavy atom. The van der Waals surface area contributed by atoms with E-state index in [2.05, 4.69) is 25.9 Å². The fourth-order valence-electron chi connectivity index (χ4n) is 3.22. The van der Waals surface area contributed by atoms with Gasteiger partial charge in [0.15, 0.2) is 5.75 Å². The largest absolute Gasteiger partial charge is 0.493 e. The van der Waals surface area contributed by atoms with Crippen LogP contribution >= 0.6 is 0 Å². The van der Waals surface area contributed by atoms with Crippen molar-refractivity contribution in [2.24, 2.45) is 11.1 Å². The van der Waals surface area contributed by atoms with E-state index in [4.69, 9.17) is 10.5 Å². The Morgan fingerprint density at radius 3 is 2.47 bits per heavy atom. The fraction of sp³-hybridized carbons (Fsp3) is 0.800. The van der Waals surface area contributed by atoms with E-state index in [1.807, 2.05) is 4.68 Å². The van der Waals surface area contributed by atoms with Gasteiger partial charge < -0.3 is 10.5 Å². The van der Waals surface area contributed by atoms with Crippen LogP contribution in [0.15, 0.2) is 6.20 Å². The fourth-order valence-corrected chi connectivity index (χ4v) is 3.22. The summed E-state index contributed by atoms with van der Waals surface area (Å²) in [6.45, 7) is 6.58. The molecule has 0 aliphatic heterocycles. The molecule has 19 heavy (non-hydrogen) atoms. The van der Waals surface area contributed by atoms with Crippen LogP contribution in [0.5, 0.6) is 5.75 Å². The van der Waals surface area contributed by atoms with Crippen molar-refractivity contribution >= 4 is 0 Å². The number of methoxy groups -OCH3 is 1. The predicted octanol–water partition coefficient (Wildman–Crippen LogP) is 3.44. The Labute approximate surface area is 116 Å². The standard InChI is InChI=1S/C15H27N3O/c1-11(2)18-13(12(19-4)10-17-18)14(16)15(3)8-6-5-7-9-15/h10-11,14H,5-9,16H2,1-4H3. The van der Waals surface area contributed by atoms with Crippen molar-refractivity contribution in [3.05, 3.63) is 11.9 Å². The van der Waals surface area contributed by atoms with Gasteiger partial charge in [0.2, 0.25) is 0 Å². The van der Waals surface area contributed by atoms with Gasteiger partial charge in [0.1, 0.15) is 0 Å². The monoisotopic (exact) mass is 265 g/mol. The summed E-state index contributed by atoms with van der Waals surface area (Å²) in [4.78, 5) is 0. The summed E-state index contributed by atoms with van der Waals surface area (Å²) >= 11 is 0. The van der Waals surface area contributed by atoms with Crippen LogP contribution in [0.2, 0.25) is 0 Å². The molecule has 0 radical (unpaired) electrons. The van der Waals surface area contributed by atoms with Crippen molar-refractivity contribution in [3.8, 4) is 5.75 Å². The molecule has 1 fully saturated rings. The number of aromatic nitrogens is 2. The van der Waals surface area contributed by atoms with Gasteiger partial charge >= 0.3 is 0 Å². The first kappa shape index (κ1) is 14.4. The van der Waals surface area contributed by atoms with Gasteiger partial charge in [-0.05, 0) is 32.1 Å². The smallest absolute Gasteiger partial charge is 0.161 e. The highest BCUT2D eigenvalue weighted by atomic mass is 16.5. The Morgan fingerprint density at radius 2 is 1.95 bits per heavy atom. The molecule has 0 amide bonds. The van der Waals surface area contributed by atoms with Crippen molar-refractivity contribution in [1.29, 1.82) is 0 Å². The summed E-state index contributed by atoms with van der Waals surface area (Å²) in [5.74, 6) is 0.827. The summed E-state index contributed by atoms with van der Waals surface area (Å²) in [6, 6.07) is 0.296. The lowest BCUT2D eigenvalue weighted by Crippen LogP contribution is -2.35. The highest BCUT2D eigenvalue weighted by Crippen LogP contribution is 2.46. The first-order valence-electron chi connectivity index (χ1n) is 7.36. The number of hydrogen-bond donors (Lipinski definition) is 1. The second-order valence-electron chi connectivity index (χ2n) is 6.33. The van der Waals surface area contributed by atoms with Gasteiger partial charge in [-0.15, -0.1) is 0 Å². The summed E-state index contributed by atoms with van der Waals surface area (Å²) in [5, 5.41) is 4.45. The Kier molecular flexibility index (Phi) is 4.19. The molecule has 1 saturated carbocycles. The van der Waals surface area contributed by atoms with Gasteiger partial charge in [0, 0.05) is 6.04 Å². The quantitative estimate of drug-likeness (QED) is 0.907. The molecule has 1 heterocycles. The van der Waals surface area contributed by atoms with Gasteiger partial charge in [-0.3, -0.25) is 4.68 Å². The molecule has 4 nitrogen and oxygen atoms in total. The van der Waals surface area contributed by atoms with E-state index in [1.54, 1.807) is 13.3 Å². The van der Waals surface area contributed by atoms with Gasteiger partial charge in [0.05, 0.1) is 25.0 Å². The third-order valence-electron chi connectivity index (χ3n) is 4.55. The topological polar surface area (TPSA) is 53.1 Å². The van der Waals surface area contributed by atoms with E-state index >= 15 is 0 Å². The average Bonchev–Trinajstić information content (AvgIpc) is 2.82. The maximum atomic E-state index is 6.62. The highest BCUT2D eigenvalue weighted by Gasteiger charge is 2.37. The molecular formula is C15H27N3O. The summed E-state index contributed by atoms with van der Waals surface area (Å²) in [6.07, 6.45) is 8.08. The molecule has 1 aromatic rings. The lowest BCUT2D eigenvalue weighted by atomic mass is 9.70.